The van der Waals surface area contributed by atoms with Crippen LogP contribution >= 0.6 is 0 Å². The number of aromatic hydroxyl groups is 1. The van der Waals surface area contributed by atoms with E-state index in [1.165, 1.54) is 12.3 Å². The summed E-state index contributed by atoms with van der Waals surface area (Å²) in [5, 5.41) is 8.52. The van der Waals surface area contributed by atoms with Crippen molar-refractivity contribution < 1.29 is 5.11 Å². The van der Waals surface area contributed by atoms with Gasteiger partial charge in [-0.1, -0.05) is 6.07 Å². The second kappa shape index (κ2) is 3.89. The summed E-state index contributed by atoms with van der Waals surface area (Å²) in [6.07, 6.45) is 1.54. The van der Waals surface area contributed by atoms with E-state index >= 15 is 0 Å². The van der Waals surface area contributed by atoms with Gasteiger partial charge in [-0.2, -0.15) is 0 Å². The molecule has 0 bridgehead atoms. The Morgan fingerprint density at radius 1 is 1.38 bits per heavy atom. The van der Waals surface area contributed by atoms with E-state index in [9.17, 15) is 0 Å². The van der Waals surface area contributed by atoms with Gasteiger partial charge in [0.2, 0.25) is 5.88 Å². The van der Waals surface area contributed by atoms with Crippen LogP contribution in [0.25, 0.3) is 0 Å². The number of aromatic nitrogens is 1. The molecule has 0 aromatic carbocycles. The third-order valence-corrected chi connectivity index (χ3v) is 0.649. The number of hydrogen-bond acceptors (Lipinski definition) is 2. The molecule has 0 saturated heterocycles. The van der Waals surface area contributed by atoms with Crippen molar-refractivity contribution in [2.24, 2.45) is 0 Å². The fourth-order valence-electron chi connectivity index (χ4n) is 0.354. The first kappa shape index (κ1) is 7.95. The molecule has 0 aliphatic carbocycles. The molecule has 0 atom stereocenters. The van der Waals surface area contributed by atoms with Crippen molar-refractivity contribution in [1.82, 2.24) is 4.98 Å². The van der Waals surface area contributed by atoms with E-state index < -0.39 is 0 Å². The van der Waals surface area contributed by atoms with Crippen molar-refractivity contribution >= 4 is 29.6 Å². The molecule has 0 spiro atoms. The molecule has 0 aliphatic heterocycles. The van der Waals surface area contributed by atoms with Crippen molar-refractivity contribution in [3.63, 3.8) is 0 Å². The summed E-state index contributed by atoms with van der Waals surface area (Å²) < 4.78 is 0. The van der Waals surface area contributed by atoms with Gasteiger partial charge >= 0.3 is 29.6 Å². The fourth-order valence-corrected chi connectivity index (χ4v) is 0.354. The predicted octanol–water partition coefficient (Wildman–Crippen LogP) is 0.139. The van der Waals surface area contributed by atoms with Crippen LogP contribution in [0.5, 0.6) is 5.88 Å². The molecule has 3 heteroatoms. The predicted molar refractivity (Wildman–Crippen MR) is 33.1 cm³/mol. The molecule has 1 heterocycles. The van der Waals surface area contributed by atoms with Crippen LogP contribution in [-0.4, -0.2) is 39.6 Å². The minimum absolute atomic E-state index is 0. The van der Waals surface area contributed by atoms with Gasteiger partial charge in [0.05, 0.1) is 0 Å². The fraction of sp³-hybridized carbons (Fsp3) is 0. The third-order valence-electron chi connectivity index (χ3n) is 0.649. The summed E-state index contributed by atoms with van der Waals surface area (Å²) in [6.45, 7) is 0. The molecule has 38 valence electrons. The average Bonchev–Trinajstić information content (AvgIpc) is 1.69. The first-order valence-corrected chi connectivity index (χ1v) is 1.99. The molecule has 1 N–H and O–H groups in total. The SMILES string of the molecule is Oc1ccccn1.[NaH]. The molecule has 0 saturated carbocycles. The van der Waals surface area contributed by atoms with E-state index in [1.54, 1.807) is 12.1 Å². The number of rotatable bonds is 0. The molecule has 2 nitrogen and oxygen atoms in total. The van der Waals surface area contributed by atoms with E-state index in [4.69, 9.17) is 5.11 Å². The van der Waals surface area contributed by atoms with Crippen molar-refractivity contribution in [2.45, 2.75) is 0 Å². The second-order valence-electron chi connectivity index (χ2n) is 1.19. The zero-order valence-corrected chi connectivity index (χ0v) is 3.70. The molecule has 1 aromatic heterocycles. The maximum absolute atomic E-state index is 8.52. The van der Waals surface area contributed by atoms with Crippen LogP contribution < -0.4 is 0 Å². The van der Waals surface area contributed by atoms with Gasteiger partial charge in [-0.15, -0.1) is 0 Å². The van der Waals surface area contributed by atoms with Gasteiger partial charge in [-0.3, -0.25) is 0 Å². The van der Waals surface area contributed by atoms with E-state index in [1.807, 2.05) is 0 Å². The Morgan fingerprint density at radius 3 is 2.38 bits per heavy atom. The second-order valence-corrected chi connectivity index (χ2v) is 1.19. The molecule has 0 unspecified atom stereocenters. The molecular formula is C5H6NNaO. The van der Waals surface area contributed by atoms with Crippen LogP contribution in [0.15, 0.2) is 24.4 Å². The quantitative estimate of drug-likeness (QED) is 0.493. The summed E-state index contributed by atoms with van der Waals surface area (Å²) in [5.74, 6) is 0.0718. The van der Waals surface area contributed by atoms with Crippen LogP contribution in [0, 0.1) is 0 Å². The maximum atomic E-state index is 8.52. The van der Waals surface area contributed by atoms with E-state index in [2.05, 4.69) is 4.98 Å². The summed E-state index contributed by atoms with van der Waals surface area (Å²) >= 11 is 0. The molecule has 0 amide bonds. The van der Waals surface area contributed by atoms with Crippen molar-refractivity contribution in [3.8, 4) is 5.88 Å². The molecule has 8 heavy (non-hydrogen) atoms. The zero-order chi connectivity index (χ0) is 5.11. The van der Waals surface area contributed by atoms with E-state index in [-0.39, 0.29) is 35.4 Å². The molecule has 1 aromatic rings. The Balaban J connectivity index is 0.000000490. The summed E-state index contributed by atoms with van der Waals surface area (Å²) in [5.41, 5.74) is 0. The Morgan fingerprint density at radius 2 is 2.12 bits per heavy atom. The number of pyridine rings is 1. The normalized spacial score (nSPS) is 7.50. The number of nitrogens with zero attached hydrogens (tertiary/aromatic N) is 1. The van der Waals surface area contributed by atoms with Crippen LogP contribution in [0.4, 0.5) is 0 Å². The molecule has 1 rings (SSSR count). The topological polar surface area (TPSA) is 33.1 Å². The van der Waals surface area contributed by atoms with Crippen molar-refractivity contribution in [3.05, 3.63) is 24.4 Å². The monoisotopic (exact) mass is 119 g/mol. The molecule has 0 radical (unpaired) electrons. The molecule has 0 aliphatic rings. The van der Waals surface area contributed by atoms with Gasteiger partial charge in [-0.05, 0) is 6.07 Å². The average molecular weight is 119 g/mol. The Hall–Kier alpha value is -0.0500. The van der Waals surface area contributed by atoms with Crippen molar-refractivity contribution in [2.75, 3.05) is 0 Å². The first-order chi connectivity index (χ1) is 3.39. The van der Waals surface area contributed by atoms with Crippen LogP contribution in [0.3, 0.4) is 0 Å². The summed E-state index contributed by atoms with van der Waals surface area (Å²) in [7, 11) is 0. The van der Waals surface area contributed by atoms with Gasteiger partial charge < -0.3 is 5.11 Å². The minimum atomic E-state index is 0. The first-order valence-electron chi connectivity index (χ1n) is 1.99. The summed E-state index contributed by atoms with van der Waals surface area (Å²) in [4.78, 5) is 3.53. The number of hydrogen-bond donors (Lipinski definition) is 1. The van der Waals surface area contributed by atoms with Gasteiger partial charge in [0.15, 0.2) is 0 Å². The third kappa shape index (κ3) is 2.31. The van der Waals surface area contributed by atoms with Gasteiger partial charge in [-0.25, -0.2) is 4.98 Å². The molecular weight excluding hydrogens is 113 g/mol. The van der Waals surface area contributed by atoms with Gasteiger partial charge in [0.25, 0.3) is 0 Å². The standard InChI is InChI=1S/C5H5NO.Na.H/c7-5-3-1-2-4-6-5;;/h1-4H,(H,6,7);;. The van der Waals surface area contributed by atoms with Crippen LogP contribution in [-0.2, 0) is 0 Å². The van der Waals surface area contributed by atoms with Gasteiger partial charge in [0.1, 0.15) is 0 Å². The molecule has 0 fully saturated rings. The van der Waals surface area contributed by atoms with E-state index in [0.717, 1.165) is 0 Å². The Labute approximate surface area is 69.9 Å². The van der Waals surface area contributed by atoms with Gasteiger partial charge in [0, 0.05) is 12.3 Å². The van der Waals surface area contributed by atoms with E-state index in [0.29, 0.717) is 0 Å². The zero-order valence-electron chi connectivity index (χ0n) is 3.70. The van der Waals surface area contributed by atoms with Crippen LogP contribution in [0.2, 0.25) is 0 Å². The van der Waals surface area contributed by atoms with Crippen LogP contribution in [0.1, 0.15) is 0 Å². The Bertz CT molecular complexity index is 142. The summed E-state index contributed by atoms with van der Waals surface area (Å²) in [6, 6.07) is 5.00. The Kier molecular flexibility index (Phi) is 3.87. The van der Waals surface area contributed by atoms with Crippen molar-refractivity contribution in [1.29, 1.82) is 0 Å².